The lowest BCUT2D eigenvalue weighted by molar-refractivity contribution is 0.0940. The fourth-order valence-electron chi connectivity index (χ4n) is 3.01. The topological polar surface area (TPSA) is 59.8 Å². The molecule has 0 radical (unpaired) electrons. The highest BCUT2D eigenvalue weighted by Gasteiger charge is 2.28. The van der Waals surface area contributed by atoms with Gasteiger partial charge in [-0.1, -0.05) is 20.3 Å². The summed E-state index contributed by atoms with van der Waals surface area (Å²) >= 11 is 0. The molecule has 0 bridgehead atoms. The Balaban J connectivity index is 2.08. The molecule has 0 spiro atoms. The van der Waals surface area contributed by atoms with Crippen LogP contribution in [0.15, 0.2) is 6.07 Å². The number of aryl methyl sites for hydroxylation is 2. The molecular formula is C19H28N4O. The van der Waals surface area contributed by atoms with Gasteiger partial charge in [-0.2, -0.15) is 5.10 Å². The number of carbonyl (C=O) groups is 1. The Morgan fingerprint density at radius 3 is 2.79 bits per heavy atom. The Morgan fingerprint density at radius 2 is 2.17 bits per heavy atom. The summed E-state index contributed by atoms with van der Waals surface area (Å²) in [5.74, 6) is 0.510. The predicted octanol–water partition coefficient (Wildman–Crippen LogP) is 3.95. The molecule has 5 heteroatoms. The third-order valence-corrected chi connectivity index (χ3v) is 4.85. The minimum Gasteiger partial charge on any atom is -0.350 e. The minimum atomic E-state index is -0.00297. The van der Waals surface area contributed by atoms with E-state index in [0.29, 0.717) is 5.92 Å². The highest BCUT2D eigenvalue weighted by molar-refractivity contribution is 6.06. The van der Waals surface area contributed by atoms with E-state index in [4.69, 9.17) is 4.98 Å². The summed E-state index contributed by atoms with van der Waals surface area (Å²) in [6.07, 6.45) is 5.45. The van der Waals surface area contributed by atoms with E-state index in [2.05, 4.69) is 24.3 Å². The third-order valence-electron chi connectivity index (χ3n) is 4.85. The fourth-order valence-corrected chi connectivity index (χ4v) is 3.01. The van der Waals surface area contributed by atoms with Crippen molar-refractivity contribution in [2.75, 3.05) is 0 Å². The second-order valence-corrected chi connectivity index (χ2v) is 7.01. The van der Waals surface area contributed by atoms with Crippen LogP contribution in [0.1, 0.15) is 80.5 Å². The van der Waals surface area contributed by atoms with Crippen LogP contribution in [0.5, 0.6) is 0 Å². The first-order valence-electron chi connectivity index (χ1n) is 9.24. The quantitative estimate of drug-likeness (QED) is 0.837. The van der Waals surface area contributed by atoms with Crippen LogP contribution in [-0.4, -0.2) is 26.7 Å². The van der Waals surface area contributed by atoms with Crippen LogP contribution in [0.25, 0.3) is 11.0 Å². The van der Waals surface area contributed by atoms with Gasteiger partial charge in [0.15, 0.2) is 5.65 Å². The van der Waals surface area contributed by atoms with Gasteiger partial charge in [0, 0.05) is 24.2 Å². The number of amides is 1. The SMILES string of the molecule is CCCCn1nc(C)c2c(C(=O)N[C@H](C)CC)cc(C3CC3)nc21. The number of pyridine rings is 1. The van der Waals surface area contributed by atoms with Crippen LogP contribution in [0, 0.1) is 6.92 Å². The largest absolute Gasteiger partial charge is 0.350 e. The number of unbranched alkanes of at least 4 members (excludes halogenated alkanes) is 1. The molecule has 2 aromatic rings. The van der Waals surface area contributed by atoms with Crippen molar-refractivity contribution in [3.05, 3.63) is 23.0 Å². The van der Waals surface area contributed by atoms with Crippen LogP contribution >= 0.6 is 0 Å². The zero-order chi connectivity index (χ0) is 17.3. The summed E-state index contributed by atoms with van der Waals surface area (Å²) in [7, 11) is 0. The van der Waals surface area contributed by atoms with Gasteiger partial charge in [0.2, 0.25) is 0 Å². The molecule has 0 saturated heterocycles. The minimum absolute atomic E-state index is 0.00297. The monoisotopic (exact) mass is 328 g/mol. The van der Waals surface area contributed by atoms with E-state index >= 15 is 0 Å². The van der Waals surface area contributed by atoms with Crippen LogP contribution in [0.3, 0.4) is 0 Å². The molecule has 24 heavy (non-hydrogen) atoms. The van der Waals surface area contributed by atoms with Gasteiger partial charge in [-0.25, -0.2) is 9.67 Å². The summed E-state index contributed by atoms with van der Waals surface area (Å²) in [6, 6.07) is 2.16. The first-order chi connectivity index (χ1) is 11.5. The third kappa shape index (κ3) is 3.30. The molecule has 1 saturated carbocycles. The number of hydrogen-bond acceptors (Lipinski definition) is 3. The van der Waals surface area contributed by atoms with Gasteiger partial charge in [-0.15, -0.1) is 0 Å². The second-order valence-electron chi connectivity index (χ2n) is 7.01. The molecule has 130 valence electrons. The van der Waals surface area contributed by atoms with Crippen LogP contribution in [-0.2, 0) is 6.54 Å². The van der Waals surface area contributed by atoms with E-state index in [-0.39, 0.29) is 11.9 Å². The maximum atomic E-state index is 12.8. The molecule has 1 aliphatic rings. The normalized spacial score (nSPS) is 15.7. The summed E-state index contributed by atoms with van der Waals surface area (Å²) in [6.45, 7) is 9.12. The van der Waals surface area contributed by atoms with Crippen molar-refractivity contribution in [3.63, 3.8) is 0 Å². The van der Waals surface area contributed by atoms with Crippen molar-refractivity contribution < 1.29 is 4.79 Å². The molecule has 3 rings (SSSR count). The van der Waals surface area contributed by atoms with Crippen LogP contribution < -0.4 is 5.32 Å². The van der Waals surface area contributed by atoms with Gasteiger partial charge in [-0.3, -0.25) is 4.79 Å². The van der Waals surface area contributed by atoms with Crippen LogP contribution in [0.4, 0.5) is 0 Å². The Labute approximate surface area is 143 Å². The van der Waals surface area contributed by atoms with E-state index in [9.17, 15) is 4.79 Å². The number of nitrogens with zero attached hydrogens (tertiary/aromatic N) is 3. The molecule has 1 N–H and O–H groups in total. The van der Waals surface area contributed by atoms with Crippen molar-refractivity contribution in [3.8, 4) is 0 Å². The lowest BCUT2D eigenvalue weighted by Gasteiger charge is -2.13. The Morgan fingerprint density at radius 1 is 1.42 bits per heavy atom. The van der Waals surface area contributed by atoms with Gasteiger partial charge in [0.05, 0.1) is 16.6 Å². The van der Waals surface area contributed by atoms with Gasteiger partial charge in [0.25, 0.3) is 5.91 Å². The summed E-state index contributed by atoms with van der Waals surface area (Å²) < 4.78 is 1.99. The average Bonchev–Trinajstić information content (AvgIpc) is 3.37. The number of hydrogen-bond donors (Lipinski definition) is 1. The van der Waals surface area contributed by atoms with Gasteiger partial charge < -0.3 is 5.32 Å². The second kappa shape index (κ2) is 6.91. The molecule has 1 amide bonds. The Bertz CT molecular complexity index is 745. The number of nitrogens with one attached hydrogen (secondary N) is 1. The zero-order valence-corrected chi connectivity index (χ0v) is 15.2. The highest BCUT2D eigenvalue weighted by Crippen LogP contribution is 2.40. The highest BCUT2D eigenvalue weighted by atomic mass is 16.1. The van der Waals surface area contributed by atoms with Gasteiger partial charge in [0.1, 0.15) is 0 Å². The van der Waals surface area contributed by atoms with E-state index < -0.39 is 0 Å². The number of rotatable bonds is 7. The smallest absolute Gasteiger partial charge is 0.252 e. The first kappa shape index (κ1) is 16.9. The van der Waals surface area contributed by atoms with Gasteiger partial charge in [-0.05, 0) is 45.6 Å². The number of fused-ring (bicyclic) bond motifs is 1. The molecule has 1 fully saturated rings. The van der Waals surface area contributed by atoms with E-state index in [1.807, 2.05) is 24.6 Å². The maximum Gasteiger partial charge on any atom is 0.252 e. The molecular weight excluding hydrogens is 300 g/mol. The molecule has 0 unspecified atom stereocenters. The van der Waals surface area contributed by atoms with Crippen molar-refractivity contribution in [1.29, 1.82) is 0 Å². The molecule has 5 nitrogen and oxygen atoms in total. The molecule has 2 heterocycles. The lowest BCUT2D eigenvalue weighted by atomic mass is 10.1. The van der Waals surface area contributed by atoms with Crippen LogP contribution in [0.2, 0.25) is 0 Å². The van der Waals surface area contributed by atoms with E-state index in [1.165, 1.54) is 12.8 Å². The average molecular weight is 328 g/mol. The van der Waals surface area contributed by atoms with E-state index in [0.717, 1.165) is 53.8 Å². The predicted molar refractivity (Wildman–Crippen MR) is 96.4 cm³/mol. The molecule has 1 atom stereocenters. The van der Waals surface area contributed by atoms with Crippen molar-refractivity contribution >= 4 is 16.9 Å². The lowest BCUT2D eigenvalue weighted by Crippen LogP contribution is -2.32. The Hall–Kier alpha value is -1.91. The zero-order valence-electron chi connectivity index (χ0n) is 15.2. The van der Waals surface area contributed by atoms with Gasteiger partial charge >= 0.3 is 0 Å². The van der Waals surface area contributed by atoms with E-state index in [1.54, 1.807) is 0 Å². The molecule has 2 aromatic heterocycles. The molecule has 0 aliphatic heterocycles. The van der Waals surface area contributed by atoms with Crippen molar-refractivity contribution in [2.45, 2.75) is 78.3 Å². The summed E-state index contributed by atoms with van der Waals surface area (Å²) in [5, 5.41) is 8.68. The van der Waals surface area contributed by atoms with Crippen molar-refractivity contribution in [2.24, 2.45) is 0 Å². The summed E-state index contributed by atoms with van der Waals surface area (Å²) in [4.78, 5) is 17.7. The standard InChI is InChI=1S/C19H28N4O/c1-5-7-10-23-18-17(13(4)22-23)15(19(24)20-12(3)6-2)11-16(21-18)14-8-9-14/h11-12,14H,5-10H2,1-4H3,(H,20,24)/t12-/m1/s1. The first-order valence-corrected chi connectivity index (χ1v) is 9.24. The summed E-state index contributed by atoms with van der Waals surface area (Å²) in [5.41, 5.74) is 3.56. The number of aromatic nitrogens is 3. The molecule has 0 aromatic carbocycles. The fraction of sp³-hybridized carbons (Fsp3) is 0.632. The maximum absolute atomic E-state index is 12.8. The van der Waals surface area contributed by atoms with Crippen molar-refractivity contribution in [1.82, 2.24) is 20.1 Å². The number of carbonyl (C=O) groups excluding carboxylic acids is 1. The Kier molecular flexibility index (Phi) is 4.88. The molecule has 1 aliphatic carbocycles.